The summed E-state index contributed by atoms with van der Waals surface area (Å²) in [7, 11) is 0. The van der Waals surface area contributed by atoms with Crippen LogP contribution in [-0.2, 0) is 11.3 Å². The minimum atomic E-state index is 0.00864. The monoisotopic (exact) mass is 277 g/mol. The average molecular weight is 277 g/mol. The Bertz CT molecular complexity index is 519. The first-order valence-electron chi connectivity index (χ1n) is 7.22. The number of carbonyl (C=O) groups excluding carboxylic acids is 2. The molecule has 0 aliphatic carbocycles. The number of ketones is 1. The molecule has 0 unspecified atom stereocenters. The smallest absolute Gasteiger partial charge is 0.234 e. The molecule has 5 heteroatoms. The van der Waals surface area contributed by atoms with Crippen LogP contribution in [0.3, 0.4) is 0 Å². The second-order valence-corrected chi connectivity index (χ2v) is 5.37. The van der Waals surface area contributed by atoms with E-state index in [-0.39, 0.29) is 11.7 Å². The Morgan fingerprint density at radius 3 is 2.80 bits per heavy atom. The van der Waals surface area contributed by atoms with E-state index in [2.05, 4.69) is 16.8 Å². The minimum Gasteiger partial charge on any atom is -0.355 e. The molecule has 2 heterocycles. The van der Waals surface area contributed by atoms with Gasteiger partial charge in [0.15, 0.2) is 5.78 Å². The van der Waals surface area contributed by atoms with Crippen molar-refractivity contribution in [2.75, 3.05) is 26.2 Å². The van der Waals surface area contributed by atoms with Crippen LogP contribution in [0.25, 0.3) is 0 Å². The van der Waals surface area contributed by atoms with Crippen LogP contribution < -0.4 is 5.32 Å². The third-order valence-corrected chi connectivity index (χ3v) is 3.90. The van der Waals surface area contributed by atoms with E-state index in [9.17, 15) is 9.59 Å². The van der Waals surface area contributed by atoms with Crippen LogP contribution in [0.15, 0.2) is 6.07 Å². The molecule has 110 valence electrons. The summed E-state index contributed by atoms with van der Waals surface area (Å²) in [6, 6.07) is 1.96. The summed E-state index contributed by atoms with van der Waals surface area (Å²) in [5, 5.41) is 2.83. The third kappa shape index (κ3) is 3.10. The van der Waals surface area contributed by atoms with Crippen LogP contribution in [0, 0.1) is 13.8 Å². The second kappa shape index (κ2) is 6.22. The fourth-order valence-corrected chi connectivity index (χ4v) is 2.86. The first-order valence-corrected chi connectivity index (χ1v) is 7.22. The predicted octanol–water partition coefficient (Wildman–Crippen LogP) is 1.13. The fraction of sp³-hybridized carbons (Fsp3) is 0.600. The molecule has 20 heavy (non-hydrogen) atoms. The Labute approximate surface area is 119 Å². The molecule has 1 amide bonds. The van der Waals surface area contributed by atoms with Gasteiger partial charge in [-0.1, -0.05) is 0 Å². The van der Waals surface area contributed by atoms with Crippen molar-refractivity contribution in [2.24, 2.45) is 0 Å². The van der Waals surface area contributed by atoms with Gasteiger partial charge in [-0.15, -0.1) is 0 Å². The number of nitrogens with one attached hydrogen (secondary N) is 1. The number of Topliss-reactive ketones (excluding diaryl/α,β-unsaturated/α-hetero) is 1. The largest absolute Gasteiger partial charge is 0.355 e. The lowest BCUT2D eigenvalue weighted by Crippen LogP contribution is -2.36. The van der Waals surface area contributed by atoms with Crippen molar-refractivity contribution in [3.8, 4) is 0 Å². The lowest BCUT2D eigenvalue weighted by molar-refractivity contribution is -0.121. The first kappa shape index (κ1) is 14.8. The topological polar surface area (TPSA) is 54.3 Å². The van der Waals surface area contributed by atoms with E-state index in [4.69, 9.17) is 0 Å². The second-order valence-electron chi connectivity index (χ2n) is 5.37. The molecular weight excluding hydrogens is 254 g/mol. The fourth-order valence-electron chi connectivity index (χ4n) is 2.86. The Balaban J connectivity index is 2.10. The molecule has 1 N–H and O–H groups in total. The van der Waals surface area contributed by atoms with Crippen molar-refractivity contribution in [3.63, 3.8) is 0 Å². The van der Waals surface area contributed by atoms with Gasteiger partial charge in [0, 0.05) is 36.6 Å². The quantitative estimate of drug-likeness (QED) is 0.839. The molecule has 0 saturated carbocycles. The number of hydrogen-bond donors (Lipinski definition) is 1. The van der Waals surface area contributed by atoms with E-state index in [1.54, 1.807) is 0 Å². The van der Waals surface area contributed by atoms with Gasteiger partial charge in [0.2, 0.25) is 5.91 Å². The van der Waals surface area contributed by atoms with Crippen LogP contribution in [-0.4, -0.2) is 47.3 Å². The van der Waals surface area contributed by atoms with Gasteiger partial charge in [0.05, 0.1) is 13.1 Å². The Morgan fingerprint density at radius 1 is 1.40 bits per heavy atom. The van der Waals surface area contributed by atoms with Gasteiger partial charge < -0.3 is 9.88 Å². The van der Waals surface area contributed by atoms with Crippen molar-refractivity contribution >= 4 is 11.7 Å². The maximum absolute atomic E-state index is 12.4. The SMILES string of the molecule is CCn1c(C)cc(C(=O)CN2CCCNC(=O)C2)c1C. The number of carbonyl (C=O) groups is 2. The van der Waals surface area contributed by atoms with E-state index in [0.717, 1.165) is 36.5 Å². The minimum absolute atomic E-state index is 0.00864. The highest BCUT2D eigenvalue weighted by molar-refractivity contribution is 5.99. The summed E-state index contributed by atoms with van der Waals surface area (Å²) in [5.74, 6) is 0.113. The molecule has 1 saturated heterocycles. The number of nitrogens with zero attached hydrogens (tertiary/aromatic N) is 2. The van der Waals surface area contributed by atoms with E-state index in [1.165, 1.54) is 0 Å². The molecule has 0 bridgehead atoms. The molecule has 1 aromatic rings. The molecule has 0 aromatic carbocycles. The third-order valence-electron chi connectivity index (χ3n) is 3.90. The van der Waals surface area contributed by atoms with E-state index >= 15 is 0 Å². The van der Waals surface area contributed by atoms with Crippen molar-refractivity contribution < 1.29 is 9.59 Å². The molecule has 1 aromatic heterocycles. The highest BCUT2D eigenvalue weighted by Crippen LogP contribution is 2.16. The number of aryl methyl sites for hydroxylation is 1. The van der Waals surface area contributed by atoms with Gasteiger partial charge in [-0.05, 0) is 33.3 Å². The maximum atomic E-state index is 12.4. The van der Waals surface area contributed by atoms with Gasteiger partial charge in [0.25, 0.3) is 0 Å². The van der Waals surface area contributed by atoms with Gasteiger partial charge >= 0.3 is 0 Å². The molecule has 5 nitrogen and oxygen atoms in total. The van der Waals surface area contributed by atoms with Gasteiger partial charge in [-0.25, -0.2) is 0 Å². The standard InChI is InChI=1S/C15H23N3O2/c1-4-18-11(2)8-13(12(18)3)14(19)9-17-7-5-6-16-15(20)10-17/h8H,4-7,9-10H2,1-3H3,(H,16,20). The van der Waals surface area contributed by atoms with Crippen LogP contribution in [0.4, 0.5) is 0 Å². The summed E-state index contributed by atoms with van der Waals surface area (Å²) in [6.45, 7) is 9.08. The van der Waals surface area contributed by atoms with Crippen LogP contribution in [0.1, 0.15) is 35.1 Å². The molecule has 1 aliphatic rings. The zero-order valence-corrected chi connectivity index (χ0v) is 12.5. The van der Waals surface area contributed by atoms with Gasteiger partial charge in [0.1, 0.15) is 0 Å². The first-order chi connectivity index (χ1) is 9.52. The molecule has 2 rings (SSSR count). The number of rotatable bonds is 4. The normalized spacial score (nSPS) is 16.9. The van der Waals surface area contributed by atoms with Crippen LogP contribution >= 0.6 is 0 Å². The average Bonchev–Trinajstić information content (AvgIpc) is 2.56. The summed E-state index contributed by atoms with van der Waals surface area (Å²) >= 11 is 0. The predicted molar refractivity (Wildman–Crippen MR) is 78.0 cm³/mol. The Morgan fingerprint density at radius 2 is 2.15 bits per heavy atom. The summed E-state index contributed by atoms with van der Waals surface area (Å²) in [6.07, 6.45) is 0.896. The van der Waals surface area contributed by atoms with Gasteiger partial charge in [-0.3, -0.25) is 14.5 Å². The number of hydrogen-bond acceptors (Lipinski definition) is 3. The summed E-state index contributed by atoms with van der Waals surface area (Å²) < 4.78 is 2.14. The van der Waals surface area contributed by atoms with Crippen molar-refractivity contribution in [3.05, 3.63) is 23.0 Å². The highest BCUT2D eigenvalue weighted by Gasteiger charge is 2.20. The zero-order valence-electron chi connectivity index (χ0n) is 12.5. The maximum Gasteiger partial charge on any atom is 0.234 e. The summed E-state index contributed by atoms with van der Waals surface area (Å²) in [4.78, 5) is 25.9. The molecular formula is C15H23N3O2. The van der Waals surface area contributed by atoms with Crippen LogP contribution in [0.5, 0.6) is 0 Å². The number of amides is 1. The lowest BCUT2D eigenvalue weighted by atomic mass is 10.1. The molecule has 0 radical (unpaired) electrons. The summed E-state index contributed by atoms with van der Waals surface area (Å²) in [5.41, 5.74) is 2.92. The van der Waals surface area contributed by atoms with Crippen molar-refractivity contribution in [2.45, 2.75) is 33.7 Å². The highest BCUT2D eigenvalue weighted by atomic mass is 16.2. The number of aromatic nitrogens is 1. The van der Waals surface area contributed by atoms with E-state index in [1.807, 2.05) is 24.8 Å². The van der Waals surface area contributed by atoms with Crippen molar-refractivity contribution in [1.82, 2.24) is 14.8 Å². The zero-order chi connectivity index (χ0) is 14.7. The molecule has 1 aliphatic heterocycles. The Hall–Kier alpha value is -1.62. The Kier molecular flexibility index (Phi) is 4.60. The van der Waals surface area contributed by atoms with Crippen LogP contribution in [0.2, 0.25) is 0 Å². The van der Waals surface area contributed by atoms with E-state index < -0.39 is 0 Å². The van der Waals surface area contributed by atoms with Crippen molar-refractivity contribution in [1.29, 1.82) is 0 Å². The van der Waals surface area contributed by atoms with E-state index in [0.29, 0.717) is 19.6 Å². The molecule has 0 spiro atoms. The lowest BCUT2D eigenvalue weighted by Gasteiger charge is -2.17. The molecule has 0 atom stereocenters. The van der Waals surface area contributed by atoms with Gasteiger partial charge in [-0.2, -0.15) is 0 Å². The molecule has 1 fully saturated rings.